The number of hydrogen-bond donors (Lipinski definition) is 1. The molecule has 0 radical (unpaired) electrons. The second-order valence-electron chi connectivity index (χ2n) is 4.11. The van der Waals surface area contributed by atoms with Crippen LogP contribution >= 0.6 is 22.9 Å². The van der Waals surface area contributed by atoms with Crippen LogP contribution in [-0.4, -0.2) is 4.98 Å². The summed E-state index contributed by atoms with van der Waals surface area (Å²) >= 11 is 7.18. The molecule has 0 bridgehead atoms. The first-order chi connectivity index (χ1) is 9.72. The van der Waals surface area contributed by atoms with E-state index in [4.69, 9.17) is 22.1 Å². The van der Waals surface area contributed by atoms with Gasteiger partial charge in [0.25, 0.3) is 0 Å². The molecule has 2 N–H and O–H groups in total. The number of thiazole rings is 1. The average molecular weight is 303 g/mol. The van der Waals surface area contributed by atoms with Crippen molar-refractivity contribution in [1.82, 2.24) is 4.98 Å². The lowest BCUT2D eigenvalue weighted by Gasteiger charge is -2.05. The molecule has 0 unspecified atom stereocenters. The van der Waals surface area contributed by atoms with E-state index in [0.29, 0.717) is 21.0 Å². The highest BCUT2D eigenvalue weighted by Crippen LogP contribution is 2.39. The summed E-state index contributed by atoms with van der Waals surface area (Å²) in [6, 6.07) is 17.0. The van der Waals surface area contributed by atoms with E-state index in [2.05, 4.69) is 4.98 Å². The van der Waals surface area contributed by atoms with Crippen molar-refractivity contribution in [3.05, 3.63) is 59.6 Å². The number of aromatic nitrogens is 1. The first-order valence-corrected chi connectivity index (χ1v) is 7.17. The molecule has 0 atom stereocenters. The summed E-state index contributed by atoms with van der Waals surface area (Å²) < 4.78 is 5.86. The zero-order valence-electron chi connectivity index (χ0n) is 10.4. The Kier molecular flexibility index (Phi) is 3.58. The number of rotatable bonds is 3. The second kappa shape index (κ2) is 5.53. The minimum absolute atomic E-state index is 0.479. The number of halogens is 1. The van der Waals surface area contributed by atoms with Crippen LogP contribution in [0.1, 0.15) is 0 Å². The van der Waals surface area contributed by atoms with Crippen molar-refractivity contribution in [2.24, 2.45) is 0 Å². The molecular formula is C15H11ClN2OS. The third-order valence-corrected chi connectivity index (χ3v) is 3.70. The summed E-state index contributed by atoms with van der Waals surface area (Å²) in [5.74, 6) is 0.704. The molecule has 3 rings (SSSR count). The van der Waals surface area contributed by atoms with Crippen LogP contribution in [0, 0.1) is 0 Å². The van der Waals surface area contributed by atoms with E-state index in [9.17, 15) is 0 Å². The van der Waals surface area contributed by atoms with Gasteiger partial charge in [-0.25, -0.2) is 4.98 Å². The van der Waals surface area contributed by atoms with Gasteiger partial charge in [-0.15, -0.1) is 0 Å². The Morgan fingerprint density at radius 1 is 1.00 bits per heavy atom. The number of benzene rings is 2. The van der Waals surface area contributed by atoms with Gasteiger partial charge in [-0.1, -0.05) is 53.3 Å². The van der Waals surface area contributed by atoms with Gasteiger partial charge >= 0.3 is 0 Å². The molecule has 0 saturated carbocycles. The highest BCUT2D eigenvalue weighted by atomic mass is 35.5. The zero-order chi connectivity index (χ0) is 13.9. The quantitative estimate of drug-likeness (QED) is 0.753. The van der Waals surface area contributed by atoms with Crippen molar-refractivity contribution < 1.29 is 4.74 Å². The first-order valence-electron chi connectivity index (χ1n) is 5.97. The Morgan fingerprint density at radius 3 is 2.40 bits per heavy atom. The molecule has 0 saturated heterocycles. The highest BCUT2D eigenvalue weighted by molar-refractivity contribution is 7.17. The molecule has 0 fully saturated rings. The molecule has 1 heterocycles. The van der Waals surface area contributed by atoms with Gasteiger partial charge in [-0.2, -0.15) is 0 Å². The molecule has 20 heavy (non-hydrogen) atoms. The van der Waals surface area contributed by atoms with Crippen LogP contribution < -0.4 is 10.5 Å². The Hall–Kier alpha value is -2.04. The van der Waals surface area contributed by atoms with Gasteiger partial charge in [0.05, 0.1) is 0 Å². The van der Waals surface area contributed by atoms with Crippen LogP contribution in [0.4, 0.5) is 5.13 Å². The van der Waals surface area contributed by atoms with Crippen molar-refractivity contribution in [3.63, 3.8) is 0 Å². The summed E-state index contributed by atoms with van der Waals surface area (Å²) in [5, 5.41) is 1.83. The molecule has 100 valence electrons. The minimum Gasteiger partial charge on any atom is -0.444 e. The van der Waals surface area contributed by atoms with E-state index < -0.39 is 0 Å². The topological polar surface area (TPSA) is 48.1 Å². The number of nitrogens with two attached hydrogens (primary N) is 1. The normalized spacial score (nSPS) is 10.4. The molecule has 3 aromatic rings. The van der Waals surface area contributed by atoms with Crippen LogP contribution in [0.5, 0.6) is 10.8 Å². The van der Waals surface area contributed by atoms with Crippen molar-refractivity contribution >= 4 is 28.1 Å². The van der Waals surface area contributed by atoms with Gasteiger partial charge in [-0.05, 0) is 24.3 Å². The summed E-state index contributed by atoms with van der Waals surface area (Å²) in [7, 11) is 0. The molecule has 0 spiro atoms. The number of anilines is 1. The van der Waals surface area contributed by atoms with Gasteiger partial charge in [0.2, 0.25) is 5.06 Å². The Balaban J connectivity index is 1.96. The summed E-state index contributed by atoms with van der Waals surface area (Å²) in [6.07, 6.45) is 0. The predicted molar refractivity (Wildman–Crippen MR) is 83.5 cm³/mol. The van der Waals surface area contributed by atoms with Gasteiger partial charge in [0, 0.05) is 10.6 Å². The van der Waals surface area contributed by atoms with Crippen molar-refractivity contribution in [1.29, 1.82) is 0 Å². The van der Waals surface area contributed by atoms with E-state index in [1.54, 1.807) is 12.1 Å². The third-order valence-electron chi connectivity index (χ3n) is 2.68. The number of hydrogen-bond acceptors (Lipinski definition) is 4. The van der Waals surface area contributed by atoms with E-state index in [1.165, 1.54) is 11.3 Å². The van der Waals surface area contributed by atoms with Crippen molar-refractivity contribution in [2.75, 3.05) is 5.73 Å². The SMILES string of the molecule is Nc1nc(-c2ccccc2)c(Oc2ccc(Cl)cc2)s1. The lowest BCUT2D eigenvalue weighted by molar-refractivity contribution is 0.497. The van der Waals surface area contributed by atoms with E-state index >= 15 is 0 Å². The smallest absolute Gasteiger partial charge is 0.210 e. The Bertz CT molecular complexity index is 710. The molecule has 1 aromatic heterocycles. The average Bonchev–Trinajstić information content (AvgIpc) is 2.83. The number of ether oxygens (including phenoxy) is 1. The maximum absolute atomic E-state index is 5.86. The molecule has 0 aliphatic carbocycles. The molecule has 2 aromatic carbocycles. The summed E-state index contributed by atoms with van der Waals surface area (Å²) in [4.78, 5) is 4.34. The Labute approximate surface area is 125 Å². The fourth-order valence-electron chi connectivity index (χ4n) is 1.78. The fraction of sp³-hybridized carbons (Fsp3) is 0. The van der Waals surface area contributed by atoms with Crippen LogP contribution in [0.3, 0.4) is 0 Å². The lowest BCUT2D eigenvalue weighted by Crippen LogP contribution is -1.86. The van der Waals surface area contributed by atoms with Crippen molar-refractivity contribution in [3.8, 4) is 22.1 Å². The molecule has 5 heteroatoms. The van der Waals surface area contributed by atoms with Crippen LogP contribution in [0.2, 0.25) is 5.02 Å². The monoisotopic (exact) mass is 302 g/mol. The van der Waals surface area contributed by atoms with Crippen LogP contribution in [-0.2, 0) is 0 Å². The highest BCUT2D eigenvalue weighted by Gasteiger charge is 2.13. The fourth-order valence-corrected chi connectivity index (χ4v) is 2.63. The zero-order valence-corrected chi connectivity index (χ0v) is 12.0. The van der Waals surface area contributed by atoms with Crippen LogP contribution in [0.15, 0.2) is 54.6 Å². The largest absolute Gasteiger partial charge is 0.444 e. The lowest BCUT2D eigenvalue weighted by atomic mass is 10.2. The standard InChI is InChI=1S/C15H11ClN2OS/c16-11-6-8-12(9-7-11)19-14-13(18-15(17)20-14)10-4-2-1-3-5-10/h1-9H,(H2,17,18). The minimum atomic E-state index is 0.479. The van der Waals surface area contributed by atoms with Gasteiger partial charge in [0.1, 0.15) is 11.4 Å². The van der Waals surface area contributed by atoms with E-state index in [1.807, 2.05) is 42.5 Å². The maximum atomic E-state index is 5.86. The summed E-state index contributed by atoms with van der Waals surface area (Å²) in [5.41, 5.74) is 7.53. The number of nitrogens with zero attached hydrogens (tertiary/aromatic N) is 1. The van der Waals surface area contributed by atoms with E-state index in [-0.39, 0.29) is 0 Å². The maximum Gasteiger partial charge on any atom is 0.210 e. The van der Waals surface area contributed by atoms with Gasteiger partial charge < -0.3 is 10.5 Å². The molecule has 0 aliphatic rings. The van der Waals surface area contributed by atoms with E-state index in [0.717, 1.165) is 11.3 Å². The van der Waals surface area contributed by atoms with Gasteiger partial charge in [0.15, 0.2) is 5.13 Å². The third kappa shape index (κ3) is 2.76. The molecular weight excluding hydrogens is 292 g/mol. The Morgan fingerprint density at radius 2 is 1.70 bits per heavy atom. The van der Waals surface area contributed by atoms with Crippen LogP contribution in [0.25, 0.3) is 11.3 Å². The second-order valence-corrected chi connectivity index (χ2v) is 5.54. The summed E-state index contributed by atoms with van der Waals surface area (Å²) in [6.45, 7) is 0. The number of nitrogen functional groups attached to an aromatic ring is 1. The van der Waals surface area contributed by atoms with Crippen molar-refractivity contribution in [2.45, 2.75) is 0 Å². The molecule has 3 nitrogen and oxygen atoms in total. The molecule has 0 aliphatic heterocycles. The predicted octanol–water partition coefficient (Wildman–Crippen LogP) is 4.84. The van der Waals surface area contributed by atoms with Gasteiger partial charge in [-0.3, -0.25) is 0 Å². The first kappa shape index (κ1) is 13.0. The molecule has 0 amide bonds.